The van der Waals surface area contributed by atoms with Gasteiger partial charge in [0.2, 0.25) is 5.91 Å². The lowest BCUT2D eigenvalue weighted by Crippen LogP contribution is -2.44. The molecule has 1 atom stereocenters. The maximum Gasteiger partial charge on any atom is 0.246 e. The minimum Gasteiger partial charge on any atom is -0.465 e. The Balaban J connectivity index is 1.95. The van der Waals surface area contributed by atoms with E-state index in [1.54, 1.807) is 18.4 Å². The largest absolute Gasteiger partial charge is 0.465 e. The third-order valence-corrected chi connectivity index (χ3v) is 3.57. The number of carbonyl (C=O) groups is 1. The topological polar surface area (TPSA) is 45.5 Å². The van der Waals surface area contributed by atoms with Crippen LogP contribution in [0.5, 0.6) is 0 Å². The van der Waals surface area contributed by atoms with E-state index >= 15 is 0 Å². The van der Waals surface area contributed by atoms with Crippen molar-refractivity contribution < 1.29 is 9.21 Å². The van der Waals surface area contributed by atoms with E-state index < -0.39 is 0 Å². The van der Waals surface area contributed by atoms with E-state index in [1.807, 2.05) is 24.1 Å². The van der Waals surface area contributed by atoms with Crippen LogP contribution in [0, 0.1) is 0 Å². The zero-order valence-corrected chi connectivity index (χ0v) is 11.5. The van der Waals surface area contributed by atoms with Crippen LogP contribution < -0.4 is 5.32 Å². The molecule has 104 valence electrons. The fraction of sp³-hybridized carbons (Fsp3) is 0.533. The number of carbonyl (C=O) groups excluding carboxylic acids is 1. The van der Waals surface area contributed by atoms with Gasteiger partial charge in [0.1, 0.15) is 5.76 Å². The SMILES string of the molecule is CNCCC1CCCCN1C(=O)C=Cc1ccco1. The van der Waals surface area contributed by atoms with Crippen molar-refractivity contribution in [3.8, 4) is 0 Å². The monoisotopic (exact) mass is 262 g/mol. The number of hydrogen-bond donors (Lipinski definition) is 1. The summed E-state index contributed by atoms with van der Waals surface area (Å²) in [5.74, 6) is 0.814. The fourth-order valence-corrected chi connectivity index (χ4v) is 2.54. The van der Waals surface area contributed by atoms with Crippen LogP contribution in [0.1, 0.15) is 31.4 Å². The smallest absolute Gasteiger partial charge is 0.246 e. The minimum atomic E-state index is 0.0946. The molecular weight excluding hydrogens is 240 g/mol. The first-order chi connectivity index (χ1) is 9.31. The van der Waals surface area contributed by atoms with Crippen molar-refractivity contribution in [1.82, 2.24) is 10.2 Å². The summed E-state index contributed by atoms with van der Waals surface area (Å²) in [5.41, 5.74) is 0. The Morgan fingerprint density at radius 1 is 1.58 bits per heavy atom. The van der Waals surface area contributed by atoms with Crippen molar-refractivity contribution in [2.45, 2.75) is 31.7 Å². The Morgan fingerprint density at radius 2 is 2.47 bits per heavy atom. The van der Waals surface area contributed by atoms with Crippen LogP contribution in [0.15, 0.2) is 28.9 Å². The highest BCUT2D eigenvalue weighted by atomic mass is 16.3. The van der Waals surface area contributed by atoms with Gasteiger partial charge in [-0.1, -0.05) is 0 Å². The van der Waals surface area contributed by atoms with E-state index in [4.69, 9.17) is 4.42 Å². The summed E-state index contributed by atoms with van der Waals surface area (Å²) in [5, 5.41) is 3.16. The normalized spacial score (nSPS) is 20.1. The highest BCUT2D eigenvalue weighted by Gasteiger charge is 2.24. The number of nitrogens with one attached hydrogen (secondary N) is 1. The quantitative estimate of drug-likeness (QED) is 0.828. The molecule has 2 rings (SSSR count). The average Bonchev–Trinajstić information content (AvgIpc) is 2.96. The van der Waals surface area contributed by atoms with E-state index in [0.717, 1.165) is 38.1 Å². The van der Waals surface area contributed by atoms with Crippen LogP contribution in [-0.4, -0.2) is 37.0 Å². The van der Waals surface area contributed by atoms with Crippen molar-refractivity contribution in [3.63, 3.8) is 0 Å². The minimum absolute atomic E-state index is 0.0946. The lowest BCUT2D eigenvalue weighted by atomic mass is 9.99. The Kier molecular flexibility index (Phi) is 5.21. The summed E-state index contributed by atoms with van der Waals surface area (Å²) in [7, 11) is 1.95. The molecule has 1 unspecified atom stereocenters. The van der Waals surface area contributed by atoms with Crippen molar-refractivity contribution in [2.24, 2.45) is 0 Å². The number of rotatable bonds is 5. The Morgan fingerprint density at radius 3 is 3.21 bits per heavy atom. The summed E-state index contributed by atoms with van der Waals surface area (Å²) < 4.78 is 5.20. The molecule has 19 heavy (non-hydrogen) atoms. The standard InChI is InChI=1S/C15H22N2O2/c1-16-10-9-13-5-2-3-11-17(13)15(18)8-7-14-6-4-12-19-14/h4,6-8,12-13,16H,2-3,5,9-11H2,1H3. The molecule has 4 heteroatoms. The van der Waals surface area contributed by atoms with E-state index in [9.17, 15) is 4.79 Å². The number of piperidine rings is 1. The number of furan rings is 1. The lowest BCUT2D eigenvalue weighted by Gasteiger charge is -2.35. The second-order valence-electron chi connectivity index (χ2n) is 4.92. The molecule has 4 nitrogen and oxygen atoms in total. The van der Waals surface area contributed by atoms with E-state index in [1.165, 1.54) is 6.42 Å². The molecule has 1 amide bonds. The maximum absolute atomic E-state index is 12.2. The number of hydrogen-bond acceptors (Lipinski definition) is 3. The molecule has 1 aliphatic rings. The van der Waals surface area contributed by atoms with Crippen LogP contribution in [0.4, 0.5) is 0 Å². The molecule has 1 aromatic rings. The van der Waals surface area contributed by atoms with Crippen LogP contribution in [0.25, 0.3) is 6.08 Å². The molecule has 2 heterocycles. The fourth-order valence-electron chi connectivity index (χ4n) is 2.54. The predicted octanol–water partition coefficient (Wildman–Crippen LogP) is 2.28. The van der Waals surface area contributed by atoms with E-state index in [2.05, 4.69) is 5.32 Å². The first-order valence-corrected chi connectivity index (χ1v) is 6.98. The molecule has 1 N–H and O–H groups in total. The molecule has 1 aliphatic heterocycles. The summed E-state index contributed by atoms with van der Waals surface area (Å²) >= 11 is 0. The van der Waals surface area contributed by atoms with Gasteiger partial charge in [-0.15, -0.1) is 0 Å². The van der Waals surface area contributed by atoms with E-state index in [-0.39, 0.29) is 5.91 Å². The second kappa shape index (κ2) is 7.14. The summed E-state index contributed by atoms with van der Waals surface area (Å²) in [6, 6.07) is 4.04. The third kappa shape index (κ3) is 3.96. The Hall–Kier alpha value is -1.55. The molecule has 0 radical (unpaired) electrons. The third-order valence-electron chi connectivity index (χ3n) is 3.57. The van der Waals surface area contributed by atoms with Gasteiger partial charge in [0.25, 0.3) is 0 Å². The van der Waals surface area contributed by atoms with Gasteiger partial charge >= 0.3 is 0 Å². The predicted molar refractivity (Wildman–Crippen MR) is 75.6 cm³/mol. The number of amides is 1. The lowest BCUT2D eigenvalue weighted by molar-refractivity contribution is -0.129. The first kappa shape index (κ1) is 13.9. The van der Waals surface area contributed by atoms with Gasteiger partial charge < -0.3 is 14.6 Å². The average molecular weight is 262 g/mol. The molecule has 0 aromatic carbocycles. The maximum atomic E-state index is 12.2. The molecule has 1 fully saturated rings. The first-order valence-electron chi connectivity index (χ1n) is 6.98. The zero-order valence-electron chi connectivity index (χ0n) is 11.5. The van der Waals surface area contributed by atoms with Crippen LogP contribution in [0.2, 0.25) is 0 Å². The zero-order chi connectivity index (χ0) is 13.5. The molecular formula is C15H22N2O2. The van der Waals surface area contributed by atoms with Crippen molar-refractivity contribution in [3.05, 3.63) is 30.2 Å². The van der Waals surface area contributed by atoms with Gasteiger partial charge in [0.15, 0.2) is 0 Å². The van der Waals surface area contributed by atoms with Gasteiger partial charge in [-0.3, -0.25) is 4.79 Å². The van der Waals surface area contributed by atoms with E-state index in [0.29, 0.717) is 6.04 Å². The summed E-state index contributed by atoms with van der Waals surface area (Å²) in [6.07, 6.45) is 9.44. The Bertz CT molecular complexity index is 412. The van der Waals surface area contributed by atoms with Crippen LogP contribution >= 0.6 is 0 Å². The molecule has 0 saturated carbocycles. The molecule has 0 aliphatic carbocycles. The number of likely N-dealkylation sites (tertiary alicyclic amines) is 1. The summed E-state index contributed by atoms with van der Waals surface area (Å²) in [4.78, 5) is 14.2. The van der Waals surface area contributed by atoms with Gasteiger partial charge in [-0.25, -0.2) is 0 Å². The van der Waals surface area contributed by atoms with Crippen LogP contribution in [0.3, 0.4) is 0 Å². The summed E-state index contributed by atoms with van der Waals surface area (Å²) in [6.45, 7) is 1.83. The van der Waals surface area contributed by atoms with Crippen molar-refractivity contribution in [2.75, 3.05) is 20.1 Å². The Labute approximate surface area is 114 Å². The molecule has 1 saturated heterocycles. The highest BCUT2D eigenvalue weighted by Crippen LogP contribution is 2.20. The highest BCUT2D eigenvalue weighted by molar-refractivity contribution is 5.91. The van der Waals surface area contributed by atoms with Gasteiger partial charge in [-0.2, -0.15) is 0 Å². The van der Waals surface area contributed by atoms with Crippen LogP contribution in [-0.2, 0) is 4.79 Å². The van der Waals surface area contributed by atoms with Crippen molar-refractivity contribution in [1.29, 1.82) is 0 Å². The van der Waals surface area contributed by atoms with Crippen molar-refractivity contribution >= 4 is 12.0 Å². The second-order valence-corrected chi connectivity index (χ2v) is 4.92. The molecule has 0 spiro atoms. The molecule has 1 aromatic heterocycles. The number of nitrogens with zero attached hydrogens (tertiary/aromatic N) is 1. The molecule has 0 bridgehead atoms. The van der Waals surface area contributed by atoms with Gasteiger partial charge in [0, 0.05) is 18.7 Å². The van der Waals surface area contributed by atoms with Gasteiger partial charge in [0.05, 0.1) is 6.26 Å². The van der Waals surface area contributed by atoms with Gasteiger partial charge in [-0.05, 0) is 57.5 Å².